The van der Waals surface area contributed by atoms with Gasteiger partial charge in [0, 0.05) is 49.9 Å². The Morgan fingerprint density at radius 3 is 2.23 bits per heavy atom. The number of aryl methyl sites for hydroxylation is 1. The lowest BCUT2D eigenvalue weighted by Crippen LogP contribution is -2.56. The molecule has 26 heavy (non-hydrogen) atoms. The van der Waals surface area contributed by atoms with Crippen LogP contribution in [0.15, 0.2) is 18.2 Å². The lowest BCUT2D eigenvalue weighted by molar-refractivity contribution is -0.137. The van der Waals surface area contributed by atoms with Gasteiger partial charge in [0.1, 0.15) is 0 Å². The molecule has 0 unspecified atom stereocenters. The highest BCUT2D eigenvalue weighted by Gasteiger charge is 2.30. The molecule has 0 N–H and O–H groups in total. The number of carbonyl (C=O) groups excluding carboxylic acids is 2. The van der Waals surface area contributed by atoms with E-state index in [1.54, 1.807) is 6.07 Å². The Morgan fingerprint density at radius 2 is 1.62 bits per heavy atom. The van der Waals surface area contributed by atoms with E-state index in [0.717, 1.165) is 44.6 Å². The topological polar surface area (TPSA) is 43.9 Å². The first-order valence-corrected chi connectivity index (χ1v) is 9.93. The molecule has 2 heterocycles. The van der Waals surface area contributed by atoms with E-state index in [1.807, 2.05) is 35.8 Å². The van der Waals surface area contributed by atoms with E-state index in [0.29, 0.717) is 23.7 Å². The van der Waals surface area contributed by atoms with Crippen molar-refractivity contribution in [3.05, 3.63) is 34.3 Å². The molecule has 3 rings (SSSR count). The van der Waals surface area contributed by atoms with Crippen LogP contribution in [0.4, 0.5) is 0 Å². The van der Waals surface area contributed by atoms with Crippen LogP contribution in [0, 0.1) is 6.92 Å². The van der Waals surface area contributed by atoms with Gasteiger partial charge in [0.25, 0.3) is 5.91 Å². The van der Waals surface area contributed by atoms with Crippen LogP contribution in [0.3, 0.4) is 0 Å². The molecule has 0 saturated carbocycles. The van der Waals surface area contributed by atoms with Crippen molar-refractivity contribution in [1.82, 2.24) is 14.7 Å². The molecule has 0 spiro atoms. The molecule has 5 nitrogen and oxygen atoms in total. The highest BCUT2D eigenvalue weighted by Crippen LogP contribution is 2.19. The van der Waals surface area contributed by atoms with Crippen LogP contribution >= 0.6 is 11.6 Å². The molecule has 1 aromatic rings. The quantitative estimate of drug-likeness (QED) is 0.813. The van der Waals surface area contributed by atoms with Gasteiger partial charge in [-0.2, -0.15) is 0 Å². The summed E-state index contributed by atoms with van der Waals surface area (Å²) in [5.41, 5.74) is 1.60. The highest BCUT2D eigenvalue weighted by atomic mass is 35.5. The highest BCUT2D eigenvalue weighted by molar-refractivity contribution is 6.31. The summed E-state index contributed by atoms with van der Waals surface area (Å²) in [7, 11) is 0. The van der Waals surface area contributed by atoms with Gasteiger partial charge in [0.05, 0.1) is 6.04 Å². The number of hydrogen-bond donors (Lipinski definition) is 0. The summed E-state index contributed by atoms with van der Waals surface area (Å²) in [6, 6.07) is 5.34. The van der Waals surface area contributed by atoms with Crippen LogP contribution < -0.4 is 0 Å². The molecule has 142 valence electrons. The van der Waals surface area contributed by atoms with E-state index in [2.05, 4.69) is 4.90 Å². The SMILES string of the molecule is Cc1ccc(C(=O)N2CCN([C@@H](C)C(=O)N3CCCCC3)CC2)cc1Cl. The maximum absolute atomic E-state index is 12.7. The number of amides is 2. The maximum Gasteiger partial charge on any atom is 0.253 e. The normalized spacial score (nSPS) is 20.1. The van der Waals surface area contributed by atoms with Gasteiger partial charge in [0.15, 0.2) is 0 Å². The van der Waals surface area contributed by atoms with Crippen LogP contribution in [0.1, 0.15) is 42.1 Å². The molecule has 6 heteroatoms. The zero-order valence-corrected chi connectivity index (χ0v) is 16.5. The van der Waals surface area contributed by atoms with Crippen molar-refractivity contribution in [2.45, 2.75) is 39.2 Å². The predicted molar refractivity (Wildman–Crippen MR) is 104 cm³/mol. The van der Waals surface area contributed by atoms with E-state index < -0.39 is 0 Å². The van der Waals surface area contributed by atoms with Gasteiger partial charge < -0.3 is 9.80 Å². The van der Waals surface area contributed by atoms with Crippen molar-refractivity contribution in [3.8, 4) is 0 Å². The number of likely N-dealkylation sites (tertiary alicyclic amines) is 1. The van der Waals surface area contributed by atoms with Crippen LogP contribution in [-0.4, -0.2) is 71.8 Å². The second kappa shape index (κ2) is 8.40. The van der Waals surface area contributed by atoms with Crippen LogP contribution in [0.2, 0.25) is 5.02 Å². The molecule has 2 aliphatic heterocycles. The smallest absolute Gasteiger partial charge is 0.253 e. The minimum atomic E-state index is -0.112. The predicted octanol–water partition coefficient (Wildman–Crippen LogP) is 2.81. The molecular formula is C20H28ClN3O2. The molecule has 1 aromatic carbocycles. The van der Waals surface area contributed by atoms with Crippen molar-refractivity contribution < 1.29 is 9.59 Å². The number of benzene rings is 1. The fourth-order valence-electron chi connectivity index (χ4n) is 3.76. The standard InChI is InChI=1S/C20H28ClN3O2/c1-15-6-7-17(14-18(15)21)20(26)24-12-10-22(11-13-24)16(2)19(25)23-8-4-3-5-9-23/h6-7,14,16H,3-5,8-13H2,1-2H3/t16-/m0/s1. The van der Waals surface area contributed by atoms with Crippen LogP contribution in [0.25, 0.3) is 0 Å². The van der Waals surface area contributed by atoms with E-state index in [9.17, 15) is 9.59 Å². The minimum Gasteiger partial charge on any atom is -0.341 e. The average Bonchev–Trinajstić information content (AvgIpc) is 2.69. The van der Waals surface area contributed by atoms with E-state index in [-0.39, 0.29) is 17.9 Å². The number of piperidine rings is 1. The van der Waals surface area contributed by atoms with Gasteiger partial charge in [-0.25, -0.2) is 0 Å². The first kappa shape index (κ1) is 19.2. The molecule has 1 atom stereocenters. The van der Waals surface area contributed by atoms with Crippen LogP contribution in [-0.2, 0) is 4.79 Å². The zero-order valence-electron chi connectivity index (χ0n) is 15.7. The summed E-state index contributed by atoms with van der Waals surface area (Å²) in [5.74, 6) is 0.247. The van der Waals surface area contributed by atoms with Crippen LogP contribution in [0.5, 0.6) is 0 Å². The van der Waals surface area contributed by atoms with Crippen molar-refractivity contribution in [2.24, 2.45) is 0 Å². The fraction of sp³-hybridized carbons (Fsp3) is 0.600. The molecule has 2 fully saturated rings. The molecule has 0 aliphatic carbocycles. The number of piperazine rings is 1. The largest absolute Gasteiger partial charge is 0.341 e. The molecule has 2 aliphatic rings. The third kappa shape index (κ3) is 4.21. The number of halogens is 1. The van der Waals surface area contributed by atoms with E-state index in [4.69, 9.17) is 11.6 Å². The summed E-state index contributed by atoms with van der Waals surface area (Å²) in [5, 5.41) is 0.621. The molecule has 0 bridgehead atoms. The number of hydrogen-bond acceptors (Lipinski definition) is 3. The Morgan fingerprint density at radius 1 is 0.962 bits per heavy atom. The van der Waals surface area contributed by atoms with Gasteiger partial charge in [-0.05, 0) is 50.8 Å². The zero-order chi connectivity index (χ0) is 18.7. The lowest BCUT2D eigenvalue weighted by atomic mass is 10.1. The fourth-order valence-corrected chi connectivity index (χ4v) is 3.94. The summed E-state index contributed by atoms with van der Waals surface area (Å²) in [4.78, 5) is 31.4. The molecule has 0 radical (unpaired) electrons. The maximum atomic E-state index is 12.7. The monoisotopic (exact) mass is 377 g/mol. The Balaban J connectivity index is 1.55. The van der Waals surface area contributed by atoms with Gasteiger partial charge in [-0.3, -0.25) is 14.5 Å². The van der Waals surface area contributed by atoms with Gasteiger partial charge in [-0.1, -0.05) is 17.7 Å². The molecular weight excluding hydrogens is 350 g/mol. The molecule has 0 aromatic heterocycles. The van der Waals surface area contributed by atoms with E-state index >= 15 is 0 Å². The third-order valence-electron chi connectivity index (χ3n) is 5.59. The Hall–Kier alpha value is -1.59. The lowest BCUT2D eigenvalue weighted by Gasteiger charge is -2.39. The van der Waals surface area contributed by atoms with Crippen molar-refractivity contribution >= 4 is 23.4 Å². The third-order valence-corrected chi connectivity index (χ3v) is 6.00. The summed E-state index contributed by atoms with van der Waals surface area (Å²) in [6.45, 7) is 8.43. The Labute approximate surface area is 160 Å². The van der Waals surface area contributed by atoms with Gasteiger partial charge in [-0.15, -0.1) is 0 Å². The summed E-state index contributed by atoms with van der Waals surface area (Å²) in [6.07, 6.45) is 3.45. The summed E-state index contributed by atoms with van der Waals surface area (Å²) >= 11 is 6.15. The molecule has 2 saturated heterocycles. The Bertz CT molecular complexity index is 665. The average molecular weight is 378 g/mol. The molecule has 2 amide bonds. The summed E-state index contributed by atoms with van der Waals surface area (Å²) < 4.78 is 0. The van der Waals surface area contributed by atoms with Gasteiger partial charge in [0.2, 0.25) is 5.91 Å². The number of carbonyl (C=O) groups is 2. The second-order valence-corrected chi connectivity index (χ2v) is 7.76. The van der Waals surface area contributed by atoms with Crippen molar-refractivity contribution in [2.75, 3.05) is 39.3 Å². The second-order valence-electron chi connectivity index (χ2n) is 7.35. The first-order chi connectivity index (χ1) is 12.5. The van der Waals surface area contributed by atoms with E-state index in [1.165, 1.54) is 6.42 Å². The first-order valence-electron chi connectivity index (χ1n) is 9.55. The number of nitrogens with zero attached hydrogens (tertiary/aromatic N) is 3. The van der Waals surface area contributed by atoms with Gasteiger partial charge >= 0.3 is 0 Å². The van der Waals surface area contributed by atoms with Crippen molar-refractivity contribution in [3.63, 3.8) is 0 Å². The number of rotatable bonds is 3. The Kier molecular flexibility index (Phi) is 6.20. The van der Waals surface area contributed by atoms with Crippen molar-refractivity contribution in [1.29, 1.82) is 0 Å². The minimum absolute atomic E-state index is 0.0153.